The zero-order chi connectivity index (χ0) is 17.8. The number of likely N-dealkylation sites (tertiary alicyclic amines) is 1. The highest BCUT2D eigenvalue weighted by Gasteiger charge is 2.18. The fourth-order valence-corrected chi connectivity index (χ4v) is 3.28. The molecule has 0 saturated carbocycles. The number of nitrogens with one attached hydrogen (secondary N) is 1. The van der Waals surface area contributed by atoms with Crippen molar-refractivity contribution < 1.29 is 4.79 Å². The highest BCUT2D eigenvalue weighted by Crippen LogP contribution is 2.23. The number of nitrogens with zero attached hydrogens (tertiary/aromatic N) is 4. The molecule has 26 heavy (non-hydrogen) atoms. The van der Waals surface area contributed by atoms with E-state index in [1.54, 1.807) is 18.6 Å². The van der Waals surface area contributed by atoms with Gasteiger partial charge in [0, 0.05) is 24.7 Å². The van der Waals surface area contributed by atoms with E-state index in [9.17, 15) is 4.79 Å². The lowest BCUT2D eigenvalue weighted by Crippen LogP contribution is -2.32. The number of carbonyl (C=O) groups excluding carboxylic acids is 1. The number of rotatable bonds is 3. The Kier molecular flexibility index (Phi) is 4.73. The third kappa shape index (κ3) is 3.49. The normalized spacial score (nSPS) is 14.8. The molecule has 0 spiro atoms. The summed E-state index contributed by atoms with van der Waals surface area (Å²) in [5.41, 5.74) is 2.14. The second kappa shape index (κ2) is 7.47. The maximum absolute atomic E-state index is 12.6. The average Bonchev–Trinajstić information content (AvgIpc) is 2.98. The molecular weight excluding hydrogens is 326 g/mol. The van der Waals surface area contributed by atoms with Crippen LogP contribution >= 0.6 is 0 Å². The molecule has 6 heteroatoms. The summed E-state index contributed by atoms with van der Waals surface area (Å²) in [6, 6.07) is 9.86. The summed E-state index contributed by atoms with van der Waals surface area (Å²) < 4.78 is 0. The summed E-state index contributed by atoms with van der Waals surface area (Å²) in [6.07, 6.45) is 9.43. The Balaban J connectivity index is 1.51. The summed E-state index contributed by atoms with van der Waals surface area (Å²) in [5, 5.41) is 4.30. The molecule has 1 N–H and O–H groups in total. The van der Waals surface area contributed by atoms with E-state index in [0.717, 1.165) is 42.5 Å². The van der Waals surface area contributed by atoms with Crippen LogP contribution in [0.1, 0.15) is 36.2 Å². The van der Waals surface area contributed by atoms with Crippen LogP contribution in [0.15, 0.2) is 48.9 Å². The van der Waals surface area contributed by atoms with Gasteiger partial charge in [-0.25, -0.2) is 9.97 Å². The van der Waals surface area contributed by atoms with Crippen LogP contribution < -0.4 is 5.32 Å². The summed E-state index contributed by atoms with van der Waals surface area (Å²) in [6.45, 7) is 1.62. The first kappa shape index (κ1) is 16.4. The summed E-state index contributed by atoms with van der Waals surface area (Å²) in [5.74, 6) is 0.563. The standard InChI is InChI=1S/C20H21N5O/c26-20(25-11-3-1-2-4-12-25)17-13-23-18(14-22-17)24-16-9-5-7-15-8-6-10-21-19(15)16/h5-10,13-14H,1-4,11-12H2,(H,23,24). The second-order valence-corrected chi connectivity index (χ2v) is 6.50. The monoisotopic (exact) mass is 347 g/mol. The Bertz CT molecular complexity index is 896. The van der Waals surface area contributed by atoms with Gasteiger partial charge in [-0.2, -0.15) is 0 Å². The van der Waals surface area contributed by atoms with Gasteiger partial charge in [0.1, 0.15) is 11.5 Å². The van der Waals surface area contributed by atoms with Gasteiger partial charge in [0.05, 0.1) is 23.6 Å². The number of benzene rings is 1. The van der Waals surface area contributed by atoms with Crippen LogP contribution in [0.2, 0.25) is 0 Å². The van der Waals surface area contributed by atoms with Crippen molar-refractivity contribution in [3.8, 4) is 0 Å². The number of anilines is 2. The SMILES string of the molecule is O=C(c1cnc(Nc2cccc3cccnc23)cn1)N1CCCCCC1. The molecule has 1 fully saturated rings. The molecule has 6 nitrogen and oxygen atoms in total. The average molecular weight is 347 g/mol. The maximum atomic E-state index is 12.6. The van der Waals surface area contributed by atoms with Crippen molar-refractivity contribution >= 4 is 28.3 Å². The molecule has 0 unspecified atom stereocenters. The number of hydrogen-bond donors (Lipinski definition) is 1. The third-order valence-corrected chi connectivity index (χ3v) is 4.66. The van der Waals surface area contributed by atoms with E-state index < -0.39 is 0 Å². The Morgan fingerprint density at radius 1 is 0.923 bits per heavy atom. The van der Waals surface area contributed by atoms with Crippen molar-refractivity contribution in [1.29, 1.82) is 0 Å². The van der Waals surface area contributed by atoms with Crippen molar-refractivity contribution in [2.24, 2.45) is 0 Å². The number of carbonyl (C=O) groups is 1. The van der Waals surface area contributed by atoms with Crippen molar-refractivity contribution in [2.45, 2.75) is 25.7 Å². The van der Waals surface area contributed by atoms with Crippen molar-refractivity contribution in [1.82, 2.24) is 19.9 Å². The van der Waals surface area contributed by atoms with Gasteiger partial charge >= 0.3 is 0 Å². The van der Waals surface area contributed by atoms with Crippen LogP contribution in [0.4, 0.5) is 11.5 Å². The molecular formula is C20H21N5O. The predicted octanol–water partition coefficient (Wildman–Crippen LogP) is 3.78. The number of amides is 1. The largest absolute Gasteiger partial charge is 0.337 e. The van der Waals surface area contributed by atoms with Crippen LogP contribution in [0.25, 0.3) is 10.9 Å². The molecule has 1 aromatic carbocycles. The van der Waals surface area contributed by atoms with Gasteiger partial charge in [0.2, 0.25) is 0 Å². The van der Waals surface area contributed by atoms with E-state index in [-0.39, 0.29) is 5.91 Å². The van der Waals surface area contributed by atoms with E-state index in [0.29, 0.717) is 11.5 Å². The smallest absolute Gasteiger partial charge is 0.274 e. The van der Waals surface area contributed by atoms with Gasteiger partial charge in [-0.3, -0.25) is 9.78 Å². The fourth-order valence-electron chi connectivity index (χ4n) is 3.28. The lowest BCUT2D eigenvalue weighted by Gasteiger charge is -2.19. The number of para-hydroxylation sites is 1. The van der Waals surface area contributed by atoms with Gasteiger partial charge in [0.25, 0.3) is 5.91 Å². The Morgan fingerprint density at radius 3 is 2.50 bits per heavy atom. The highest BCUT2D eigenvalue weighted by molar-refractivity contribution is 5.93. The zero-order valence-corrected chi connectivity index (χ0v) is 14.6. The van der Waals surface area contributed by atoms with Gasteiger partial charge in [0.15, 0.2) is 0 Å². The number of fused-ring (bicyclic) bond motifs is 1. The topological polar surface area (TPSA) is 71.0 Å². The third-order valence-electron chi connectivity index (χ3n) is 4.66. The summed E-state index contributed by atoms with van der Waals surface area (Å²) in [7, 11) is 0. The molecule has 132 valence electrons. The van der Waals surface area contributed by atoms with E-state index in [1.165, 1.54) is 12.8 Å². The van der Waals surface area contributed by atoms with Crippen molar-refractivity contribution in [3.05, 3.63) is 54.6 Å². The van der Waals surface area contributed by atoms with Crippen LogP contribution in [0.3, 0.4) is 0 Å². The Morgan fingerprint density at radius 2 is 1.73 bits per heavy atom. The summed E-state index contributed by atoms with van der Waals surface area (Å²) >= 11 is 0. The molecule has 1 aliphatic rings. The number of aromatic nitrogens is 3. The van der Waals surface area contributed by atoms with Crippen LogP contribution in [0, 0.1) is 0 Å². The van der Waals surface area contributed by atoms with Crippen LogP contribution in [0.5, 0.6) is 0 Å². The van der Waals surface area contributed by atoms with Gasteiger partial charge < -0.3 is 10.2 Å². The molecule has 1 saturated heterocycles. The molecule has 2 aromatic heterocycles. The van der Waals surface area contributed by atoms with Crippen LogP contribution in [-0.4, -0.2) is 38.8 Å². The van der Waals surface area contributed by atoms with Gasteiger partial charge in [-0.15, -0.1) is 0 Å². The molecule has 1 amide bonds. The van der Waals surface area contributed by atoms with E-state index in [4.69, 9.17) is 0 Å². The van der Waals surface area contributed by atoms with Crippen LogP contribution in [-0.2, 0) is 0 Å². The Hall–Kier alpha value is -3.02. The van der Waals surface area contributed by atoms with Gasteiger partial charge in [-0.05, 0) is 25.0 Å². The minimum atomic E-state index is -0.0298. The quantitative estimate of drug-likeness (QED) is 0.780. The molecule has 0 aliphatic carbocycles. The molecule has 1 aliphatic heterocycles. The molecule has 0 atom stereocenters. The first-order valence-electron chi connectivity index (χ1n) is 9.03. The van der Waals surface area contributed by atoms with Crippen molar-refractivity contribution in [3.63, 3.8) is 0 Å². The Labute approximate surface area is 152 Å². The van der Waals surface area contributed by atoms with E-state index >= 15 is 0 Å². The molecule has 3 aromatic rings. The van der Waals surface area contributed by atoms with E-state index in [1.807, 2.05) is 35.2 Å². The minimum Gasteiger partial charge on any atom is -0.337 e. The predicted molar refractivity (Wildman–Crippen MR) is 101 cm³/mol. The highest BCUT2D eigenvalue weighted by atomic mass is 16.2. The number of pyridine rings is 1. The molecule has 4 rings (SSSR count). The number of hydrogen-bond acceptors (Lipinski definition) is 5. The first-order valence-corrected chi connectivity index (χ1v) is 9.03. The zero-order valence-electron chi connectivity index (χ0n) is 14.6. The maximum Gasteiger partial charge on any atom is 0.274 e. The summed E-state index contributed by atoms with van der Waals surface area (Å²) in [4.78, 5) is 27.6. The lowest BCUT2D eigenvalue weighted by atomic mass is 10.2. The van der Waals surface area contributed by atoms with E-state index in [2.05, 4.69) is 20.3 Å². The molecule has 0 bridgehead atoms. The molecule has 0 radical (unpaired) electrons. The lowest BCUT2D eigenvalue weighted by molar-refractivity contribution is 0.0755. The van der Waals surface area contributed by atoms with Gasteiger partial charge in [-0.1, -0.05) is 31.0 Å². The molecule has 3 heterocycles. The minimum absolute atomic E-state index is 0.0298. The first-order chi connectivity index (χ1) is 12.8. The second-order valence-electron chi connectivity index (χ2n) is 6.50. The fraction of sp³-hybridized carbons (Fsp3) is 0.300. The van der Waals surface area contributed by atoms with Crippen molar-refractivity contribution in [2.75, 3.05) is 18.4 Å².